The largest absolute Gasteiger partial charge is 0.494 e. The van der Waals surface area contributed by atoms with Gasteiger partial charge >= 0.3 is 0 Å². The molecule has 2 fully saturated rings. The summed E-state index contributed by atoms with van der Waals surface area (Å²) in [5, 5.41) is 0. The van der Waals surface area contributed by atoms with E-state index in [0.717, 1.165) is 24.8 Å². The Morgan fingerprint density at radius 2 is 1.67 bits per heavy atom. The van der Waals surface area contributed by atoms with E-state index in [2.05, 4.69) is 9.80 Å². The molecule has 0 bridgehead atoms. The molecule has 2 aliphatic rings. The summed E-state index contributed by atoms with van der Waals surface area (Å²) in [6, 6.07) is 11.0. The van der Waals surface area contributed by atoms with Crippen LogP contribution in [0.3, 0.4) is 0 Å². The van der Waals surface area contributed by atoms with E-state index in [-0.39, 0.29) is 0 Å². The van der Waals surface area contributed by atoms with Gasteiger partial charge < -0.3 is 14.5 Å². The first-order valence-corrected chi connectivity index (χ1v) is 8.56. The number of piperidine rings is 1. The fraction of sp³-hybridized carbons (Fsp3) is 0.667. The highest BCUT2D eigenvalue weighted by molar-refractivity contribution is 5.20. The normalized spacial score (nSPS) is 21.7. The van der Waals surface area contributed by atoms with E-state index in [0.29, 0.717) is 0 Å². The van der Waals surface area contributed by atoms with Crippen molar-refractivity contribution in [1.29, 1.82) is 0 Å². The van der Waals surface area contributed by atoms with E-state index >= 15 is 0 Å². The Labute approximate surface area is 128 Å². The van der Waals surface area contributed by atoms with E-state index < -0.39 is 0 Å². The van der Waals surface area contributed by atoms with Crippen LogP contribution >= 0.6 is 0 Å². The van der Waals surface area contributed by atoms with Crippen molar-refractivity contribution >= 4 is 0 Å². The molecule has 1 aromatic carbocycles. The summed E-state index contributed by atoms with van der Waals surface area (Å²) in [6.07, 6.45) is 6.68. The van der Waals surface area contributed by atoms with Gasteiger partial charge in [0.15, 0.2) is 0 Å². The maximum atomic E-state index is 5.76. The first-order valence-electron chi connectivity index (χ1n) is 8.56. The van der Waals surface area contributed by atoms with Crippen LogP contribution in [-0.2, 0) is 0 Å². The lowest BCUT2D eigenvalue weighted by molar-refractivity contribution is 0.122. The highest BCUT2D eigenvalue weighted by Gasteiger charge is 2.25. The Morgan fingerprint density at radius 3 is 2.38 bits per heavy atom. The SMILES string of the molecule is c1ccc(OCCCN2CCC(N3CCCC3)CC2)cc1. The minimum Gasteiger partial charge on any atom is -0.494 e. The van der Waals surface area contributed by atoms with Crippen LogP contribution in [0.4, 0.5) is 0 Å². The molecule has 0 amide bonds. The topological polar surface area (TPSA) is 15.7 Å². The number of hydrogen-bond acceptors (Lipinski definition) is 3. The average molecular weight is 288 g/mol. The van der Waals surface area contributed by atoms with Crippen molar-refractivity contribution in [2.75, 3.05) is 39.3 Å². The van der Waals surface area contributed by atoms with Crippen molar-refractivity contribution in [3.63, 3.8) is 0 Å². The molecule has 0 aromatic heterocycles. The Bertz CT molecular complexity index is 395. The third-order valence-corrected chi connectivity index (χ3v) is 4.84. The van der Waals surface area contributed by atoms with Crippen molar-refractivity contribution < 1.29 is 4.74 Å². The molecule has 2 aliphatic heterocycles. The van der Waals surface area contributed by atoms with Crippen molar-refractivity contribution in [2.24, 2.45) is 0 Å². The summed E-state index contributed by atoms with van der Waals surface area (Å²) in [6.45, 7) is 7.24. The first kappa shape index (κ1) is 14.9. The van der Waals surface area contributed by atoms with Crippen LogP contribution in [0.25, 0.3) is 0 Å². The lowest BCUT2D eigenvalue weighted by atomic mass is 10.0. The second kappa shape index (κ2) is 7.81. The second-order valence-electron chi connectivity index (χ2n) is 6.33. The van der Waals surface area contributed by atoms with Gasteiger partial charge in [0.25, 0.3) is 0 Å². The van der Waals surface area contributed by atoms with E-state index in [1.807, 2.05) is 30.3 Å². The zero-order valence-electron chi connectivity index (χ0n) is 13.0. The van der Waals surface area contributed by atoms with Gasteiger partial charge in [0.1, 0.15) is 5.75 Å². The molecule has 3 heteroatoms. The van der Waals surface area contributed by atoms with Gasteiger partial charge in [-0.1, -0.05) is 18.2 Å². The molecule has 3 rings (SSSR count). The Kier molecular flexibility index (Phi) is 5.53. The minimum absolute atomic E-state index is 0.829. The second-order valence-corrected chi connectivity index (χ2v) is 6.33. The molecule has 0 N–H and O–H groups in total. The number of rotatable bonds is 6. The van der Waals surface area contributed by atoms with Gasteiger partial charge in [0.05, 0.1) is 6.61 Å². The number of ether oxygens (including phenoxy) is 1. The number of benzene rings is 1. The van der Waals surface area contributed by atoms with Gasteiger partial charge in [-0.25, -0.2) is 0 Å². The summed E-state index contributed by atoms with van der Waals surface area (Å²) in [4.78, 5) is 5.33. The summed E-state index contributed by atoms with van der Waals surface area (Å²) < 4.78 is 5.76. The van der Waals surface area contributed by atoms with Gasteiger partial charge in [-0.3, -0.25) is 0 Å². The minimum atomic E-state index is 0.829. The maximum absolute atomic E-state index is 5.76. The van der Waals surface area contributed by atoms with Crippen LogP contribution in [-0.4, -0.2) is 55.2 Å². The van der Waals surface area contributed by atoms with Gasteiger partial charge in [-0.15, -0.1) is 0 Å². The van der Waals surface area contributed by atoms with E-state index in [4.69, 9.17) is 4.74 Å². The fourth-order valence-corrected chi connectivity index (χ4v) is 3.61. The van der Waals surface area contributed by atoms with Crippen LogP contribution in [0.1, 0.15) is 32.1 Å². The van der Waals surface area contributed by atoms with Crippen LogP contribution in [0.5, 0.6) is 5.75 Å². The third-order valence-electron chi connectivity index (χ3n) is 4.84. The Hall–Kier alpha value is -1.06. The number of para-hydroxylation sites is 1. The number of likely N-dealkylation sites (tertiary alicyclic amines) is 2. The summed E-state index contributed by atoms with van der Waals surface area (Å²) in [5.74, 6) is 0.991. The molecule has 0 atom stereocenters. The number of nitrogens with zero attached hydrogens (tertiary/aromatic N) is 2. The molecule has 0 unspecified atom stereocenters. The highest BCUT2D eigenvalue weighted by Crippen LogP contribution is 2.21. The molecular weight excluding hydrogens is 260 g/mol. The molecular formula is C18H28N2O. The molecule has 0 aliphatic carbocycles. The molecule has 2 saturated heterocycles. The van der Waals surface area contributed by atoms with Crippen molar-refractivity contribution in [2.45, 2.75) is 38.1 Å². The van der Waals surface area contributed by atoms with Gasteiger partial charge in [0, 0.05) is 12.6 Å². The predicted molar refractivity (Wildman–Crippen MR) is 86.8 cm³/mol. The van der Waals surface area contributed by atoms with Crippen LogP contribution in [0.15, 0.2) is 30.3 Å². The zero-order valence-corrected chi connectivity index (χ0v) is 13.0. The fourth-order valence-electron chi connectivity index (χ4n) is 3.61. The molecule has 21 heavy (non-hydrogen) atoms. The Balaban J connectivity index is 1.29. The van der Waals surface area contributed by atoms with E-state index in [9.17, 15) is 0 Å². The van der Waals surface area contributed by atoms with Crippen molar-refractivity contribution in [1.82, 2.24) is 9.80 Å². The molecule has 0 spiro atoms. The smallest absolute Gasteiger partial charge is 0.119 e. The molecule has 2 heterocycles. The molecule has 3 nitrogen and oxygen atoms in total. The van der Waals surface area contributed by atoms with Gasteiger partial charge in [-0.05, 0) is 70.4 Å². The lowest BCUT2D eigenvalue weighted by Crippen LogP contribution is -2.44. The van der Waals surface area contributed by atoms with Crippen LogP contribution < -0.4 is 4.74 Å². The molecule has 1 aromatic rings. The summed E-state index contributed by atoms with van der Waals surface area (Å²) in [5.41, 5.74) is 0. The monoisotopic (exact) mass is 288 g/mol. The van der Waals surface area contributed by atoms with E-state index in [1.165, 1.54) is 58.4 Å². The highest BCUT2D eigenvalue weighted by atomic mass is 16.5. The summed E-state index contributed by atoms with van der Waals surface area (Å²) >= 11 is 0. The molecule has 0 saturated carbocycles. The standard InChI is InChI=1S/C18H28N2O/c1-2-7-18(8-3-1)21-16-6-11-19-14-9-17(10-15-19)20-12-4-5-13-20/h1-3,7-8,17H,4-6,9-16H2. The lowest BCUT2D eigenvalue weighted by Gasteiger charge is -2.36. The summed E-state index contributed by atoms with van der Waals surface area (Å²) in [7, 11) is 0. The van der Waals surface area contributed by atoms with E-state index in [1.54, 1.807) is 0 Å². The van der Waals surface area contributed by atoms with Gasteiger partial charge in [-0.2, -0.15) is 0 Å². The first-order chi connectivity index (χ1) is 10.4. The van der Waals surface area contributed by atoms with Crippen molar-refractivity contribution in [3.05, 3.63) is 30.3 Å². The number of hydrogen-bond donors (Lipinski definition) is 0. The quantitative estimate of drug-likeness (QED) is 0.748. The van der Waals surface area contributed by atoms with Crippen molar-refractivity contribution in [3.8, 4) is 5.75 Å². The predicted octanol–water partition coefficient (Wildman–Crippen LogP) is 3.02. The third kappa shape index (κ3) is 4.45. The zero-order chi connectivity index (χ0) is 14.3. The maximum Gasteiger partial charge on any atom is 0.119 e. The Morgan fingerprint density at radius 1 is 0.952 bits per heavy atom. The van der Waals surface area contributed by atoms with Crippen LogP contribution in [0, 0.1) is 0 Å². The van der Waals surface area contributed by atoms with Crippen LogP contribution in [0.2, 0.25) is 0 Å². The molecule has 116 valence electrons. The molecule has 0 radical (unpaired) electrons. The van der Waals surface area contributed by atoms with Gasteiger partial charge in [0.2, 0.25) is 0 Å². The average Bonchev–Trinajstić information content (AvgIpc) is 3.08.